The van der Waals surface area contributed by atoms with Crippen LogP contribution in [0.2, 0.25) is 0 Å². The Labute approximate surface area is 95.7 Å². The van der Waals surface area contributed by atoms with Crippen molar-refractivity contribution in [2.75, 3.05) is 0 Å². The van der Waals surface area contributed by atoms with Crippen molar-refractivity contribution < 1.29 is 14.3 Å². The molecule has 0 aliphatic rings. The minimum absolute atomic E-state index is 0.467. The van der Waals surface area contributed by atoms with Crippen LogP contribution in [-0.4, -0.2) is 17.1 Å². The van der Waals surface area contributed by atoms with E-state index in [0.717, 1.165) is 24.4 Å². The van der Waals surface area contributed by atoms with Crippen LogP contribution in [0.4, 0.5) is 0 Å². The minimum Gasteiger partial charge on any atom is -0.480 e. The predicted molar refractivity (Wildman–Crippen MR) is 61.2 cm³/mol. The predicted octanol–water partition coefficient (Wildman–Crippen LogP) is 2.32. The lowest BCUT2D eigenvalue weighted by Gasteiger charge is -2.12. The summed E-state index contributed by atoms with van der Waals surface area (Å²) in [6, 6.07) is 3.25. The lowest BCUT2D eigenvalue weighted by molar-refractivity contribution is -0.139. The quantitative estimate of drug-likeness (QED) is 0.747. The van der Waals surface area contributed by atoms with Crippen LogP contribution in [-0.2, 0) is 11.3 Å². The fourth-order valence-corrected chi connectivity index (χ4v) is 1.53. The first kappa shape index (κ1) is 12.8. The standard InChI is InChI=1S/C12H19NO3/c1-3-4-5-11(12(14)15)13-8-10-7-6-9(2)16-10/h6-7,11,13H,3-5,8H2,1-2H3,(H,14,15). The molecule has 0 aliphatic carbocycles. The van der Waals surface area contributed by atoms with Crippen molar-refractivity contribution in [2.24, 2.45) is 0 Å². The van der Waals surface area contributed by atoms with Gasteiger partial charge in [-0.3, -0.25) is 10.1 Å². The molecule has 1 aromatic rings. The normalized spacial score (nSPS) is 12.6. The lowest BCUT2D eigenvalue weighted by atomic mass is 10.1. The molecule has 4 nitrogen and oxygen atoms in total. The first-order chi connectivity index (χ1) is 7.63. The third-order valence-corrected chi connectivity index (χ3v) is 2.46. The molecule has 1 unspecified atom stereocenters. The number of hydrogen-bond acceptors (Lipinski definition) is 3. The van der Waals surface area contributed by atoms with Crippen LogP contribution in [0.25, 0.3) is 0 Å². The Morgan fingerprint density at radius 3 is 2.81 bits per heavy atom. The number of furan rings is 1. The molecule has 0 aliphatic heterocycles. The van der Waals surface area contributed by atoms with Crippen LogP contribution in [0.5, 0.6) is 0 Å². The fraction of sp³-hybridized carbons (Fsp3) is 0.583. The van der Waals surface area contributed by atoms with Crippen molar-refractivity contribution in [2.45, 2.75) is 45.7 Å². The van der Waals surface area contributed by atoms with Crippen molar-refractivity contribution in [3.8, 4) is 0 Å². The summed E-state index contributed by atoms with van der Waals surface area (Å²) in [6.45, 7) is 4.39. The largest absolute Gasteiger partial charge is 0.480 e. The third kappa shape index (κ3) is 4.06. The maximum atomic E-state index is 10.9. The molecule has 1 aromatic heterocycles. The Morgan fingerprint density at radius 2 is 2.31 bits per heavy atom. The molecular weight excluding hydrogens is 206 g/mol. The summed E-state index contributed by atoms with van der Waals surface area (Å²) < 4.78 is 5.36. The molecule has 90 valence electrons. The van der Waals surface area contributed by atoms with Crippen LogP contribution < -0.4 is 5.32 Å². The van der Waals surface area contributed by atoms with Crippen LogP contribution in [0, 0.1) is 6.92 Å². The maximum absolute atomic E-state index is 10.9. The van der Waals surface area contributed by atoms with E-state index in [4.69, 9.17) is 9.52 Å². The summed E-state index contributed by atoms with van der Waals surface area (Å²) in [6.07, 6.45) is 2.58. The highest BCUT2D eigenvalue weighted by Crippen LogP contribution is 2.07. The van der Waals surface area contributed by atoms with Gasteiger partial charge in [0.15, 0.2) is 0 Å². The molecule has 0 spiro atoms. The van der Waals surface area contributed by atoms with Gasteiger partial charge in [-0.05, 0) is 25.5 Å². The monoisotopic (exact) mass is 225 g/mol. The van der Waals surface area contributed by atoms with Gasteiger partial charge < -0.3 is 9.52 Å². The summed E-state index contributed by atoms with van der Waals surface area (Å²) in [4.78, 5) is 10.9. The van der Waals surface area contributed by atoms with E-state index >= 15 is 0 Å². The number of carbonyl (C=O) groups is 1. The summed E-state index contributed by atoms with van der Waals surface area (Å²) in [7, 11) is 0. The van der Waals surface area contributed by atoms with Crippen molar-refractivity contribution >= 4 is 5.97 Å². The molecule has 1 atom stereocenters. The second-order valence-electron chi connectivity index (χ2n) is 3.93. The number of nitrogens with one attached hydrogen (secondary N) is 1. The first-order valence-corrected chi connectivity index (χ1v) is 5.65. The van der Waals surface area contributed by atoms with E-state index in [1.807, 2.05) is 19.1 Å². The summed E-state index contributed by atoms with van der Waals surface area (Å²) in [5.41, 5.74) is 0. The smallest absolute Gasteiger partial charge is 0.320 e. The van der Waals surface area contributed by atoms with E-state index in [-0.39, 0.29) is 0 Å². The zero-order chi connectivity index (χ0) is 12.0. The summed E-state index contributed by atoms with van der Waals surface area (Å²) in [5, 5.41) is 12.0. The van der Waals surface area contributed by atoms with Gasteiger partial charge in [0.1, 0.15) is 17.6 Å². The highest BCUT2D eigenvalue weighted by atomic mass is 16.4. The number of carboxylic acids is 1. The third-order valence-electron chi connectivity index (χ3n) is 2.46. The maximum Gasteiger partial charge on any atom is 0.320 e. The summed E-state index contributed by atoms with van der Waals surface area (Å²) in [5.74, 6) is 0.828. The fourth-order valence-electron chi connectivity index (χ4n) is 1.53. The highest BCUT2D eigenvalue weighted by Gasteiger charge is 2.16. The zero-order valence-electron chi connectivity index (χ0n) is 9.82. The van der Waals surface area contributed by atoms with Crippen molar-refractivity contribution in [3.63, 3.8) is 0 Å². The molecule has 1 rings (SSSR count). The number of unbranched alkanes of at least 4 members (excludes halogenated alkanes) is 1. The second kappa shape index (κ2) is 6.33. The number of aliphatic carboxylic acids is 1. The lowest BCUT2D eigenvalue weighted by Crippen LogP contribution is -2.36. The molecule has 0 amide bonds. The minimum atomic E-state index is -0.795. The van der Waals surface area contributed by atoms with E-state index in [9.17, 15) is 4.79 Å². The van der Waals surface area contributed by atoms with Crippen molar-refractivity contribution in [1.82, 2.24) is 5.32 Å². The molecule has 0 aromatic carbocycles. The van der Waals surface area contributed by atoms with Crippen molar-refractivity contribution in [3.05, 3.63) is 23.7 Å². The summed E-state index contributed by atoms with van der Waals surface area (Å²) >= 11 is 0. The van der Waals surface area contributed by atoms with Crippen LogP contribution in [0.3, 0.4) is 0 Å². The van der Waals surface area contributed by atoms with E-state index in [1.165, 1.54) is 0 Å². The number of hydrogen-bond donors (Lipinski definition) is 2. The van der Waals surface area contributed by atoms with Crippen LogP contribution in [0.15, 0.2) is 16.5 Å². The number of rotatable bonds is 7. The van der Waals surface area contributed by atoms with Gasteiger partial charge in [-0.1, -0.05) is 19.8 Å². The van der Waals surface area contributed by atoms with Crippen molar-refractivity contribution in [1.29, 1.82) is 0 Å². The van der Waals surface area contributed by atoms with Gasteiger partial charge in [0, 0.05) is 0 Å². The van der Waals surface area contributed by atoms with E-state index in [2.05, 4.69) is 12.2 Å². The topological polar surface area (TPSA) is 62.5 Å². The molecule has 16 heavy (non-hydrogen) atoms. The van der Waals surface area contributed by atoms with Gasteiger partial charge >= 0.3 is 5.97 Å². The van der Waals surface area contributed by atoms with Crippen LogP contribution >= 0.6 is 0 Å². The van der Waals surface area contributed by atoms with E-state index in [0.29, 0.717) is 13.0 Å². The first-order valence-electron chi connectivity index (χ1n) is 5.65. The Morgan fingerprint density at radius 1 is 1.56 bits per heavy atom. The Balaban J connectivity index is 2.40. The molecule has 0 fully saturated rings. The molecule has 0 radical (unpaired) electrons. The number of aryl methyl sites for hydroxylation is 1. The van der Waals surface area contributed by atoms with Gasteiger partial charge in [-0.25, -0.2) is 0 Å². The Kier molecular flexibility index (Phi) is 5.05. The molecule has 0 saturated heterocycles. The molecule has 0 bridgehead atoms. The molecule has 2 N–H and O–H groups in total. The molecule has 0 saturated carbocycles. The Bertz CT molecular complexity index is 333. The van der Waals surface area contributed by atoms with Gasteiger partial charge in [0.05, 0.1) is 6.54 Å². The SMILES string of the molecule is CCCCC(NCc1ccc(C)o1)C(=O)O. The highest BCUT2D eigenvalue weighted by molar-refractivity contribution is 5.73. The molecular formula is C12H19NO3. The number of carboxylic acid groups (broad SMARTS) is 1. The molecule has 4 heteroatoms. The molecule has 1 heterocycles. The van der Waals surface area contributed by atoms with Gasteiger partial charge in [-0.2, -0.15) is 0 Å². The van der Waals surface area contributed by atoms with E-state index < -0.39 is 12.0 Å². The average molecular weight is 225 g/mol. The van der Waals surface area contributed by atoms with Gasteiger partial charge in [-0.15, -0.1) is 0 Å². The van der Waals surface area contributed by atoms with Crippen LogP contribution in [0.1, 0.15) is 37.7 Å². The van der Waals surface area contributed by atoms with Gasteiger partial charge in [0.25, 0.3) is 0 Å². The Hall–Kier alpha value is -1.29. The average Bonchev–Trinajstić information content (AvgIpc) is 2.64. The van der Waals surface area contributed by atoms with E-state index in [1.54, 1.807) is 0 Å². The second-order valence-corrected chi connectivity index (χ2v) is 3.93. The zero-order valence-corrected chi connectivity index (χ0v) is 9.82. The van der Waals surface area contributed by atoms with Gasteiger partial charge in [0.2, 0.25) is 0 Å².